The summed E-state index contributed by atoms with van der Waals surface area (Å²) in [5.41, 5.74) is 3.28. The molecule has 0 spiro atoms. The number of aliphatic carboxylic acids is 1. The topological polar surface area (TPSA) is 112 Å². The molecule has 0 aliphatic heterocycles. The zero-order valence-corrected chi connectivity index (χ0v) is 14.2. The molecule has 0 saturated carbocycles. The Labute approximate surface area is 145 Å². The van der Waals surface area contributed by atoms with Crippen LogP contribution in [0.1, 0.15) is 40.0 Å². The highest BCUT2D eigenvalue weighted by molar-refractivity contribution is 5.98. The van der Waals surface area contributed by atoms with Gasteiger partial charge in [0, 0.05) is 36.7 Å². The van der Waals surface area contributed by atoms with Crippen molar-refractivity contribution in [2.45, 2.75) is 39.2 Å². The number of amides is 1. The zero-order valence-electron chi connectivity index (χ0n) is 14.2. The molecule has 3 N–H and O–H groups in total. The first-order chi connectivity index (χ1) is 11.9. The van der Waals surface area contributed by atoms with Gasteiger partial charge in [-0.2, -0.15) is 0 Å². The number of benzene rings is 1. The molecule has 0 aliphatic rings. The number of carbonyl (C=O) groups is 3. The molecule has 1 unspecified atom stereocenters. The third kappa shape index (κ3) is 5.27. The number of aryl methyl sites for hydroxylation is 2. The van der Waals surface area contributed by atoms with Gasteiger partial charge in [0.2, 0.25) is 5.91 Å². The third-order valence-corrected chi connectivity index (χ3v) is 4.02. The summed E-state index contributed by atoms with van der Waals surface area (Å²) in [5, 5.41) is 11.7. The molecule has 1 aromatic heterocycles. The summed E-state index contributed by atoms with van der Waals surface area (Å²) >= 11 is 0. The van der Waals surface area contributed by atoms with Gasteiger partial charge < -0.3 is 15.4 Å². The van der Waals surface area contributed by atoms with Gasteiger partial charge >= 0.3 is 5.97 Å². The number of carbonyl (C=O) groups excluding carboxylic acids is 2. The minimum absolute atomic E-state index is 0.0325. The molecule has 7 nitrogen and oxygen atoms in total. The van der Waals surface area contributed by atoms with Gasteiger partial charge in [-0.05, 0) is 31.0 Å². The standard InChI is InChI=1S/C18H21N3O4/c1-11-3-4-13(7-12(11)2)16(22)5-6-17(23)21-15(18(24)25)8-14-9-19-10-20-14/h3-4,7,9-10,15H,5-6,8H2,1-2H3,(H,19,20)(H,21,23)(H,24,25). The number of H-pyrrole nitrogens is 1. The molecular weight excluding hydrogens is 322 g/mol. The van der Waals surface area contributed by atoms with E-state index in [0.29, 0.717) is 11.3 Å². The minimum atomic E-state index is -1.14. The van der Waals surface area contributed by atoms with Crippen molar-refractivity contribution in [1.82, 2.24) is 15.3 Å². The highest BCUT2D eigenvalue weighted by Gasteiger charge is 2.21. The van der Waals surface area contributed by atoms with Crippen LogP contribution in [0.3, 0.4) is 0 Å². The van der Waals surface area contributed by atoms with Crippen LogP contribution in [0.2, 0.25) is 0 Å². The second-order valence-corrected chi connectivity index (χ2v) is 5.96. The van der Waals surface area contributed by atoms with Gasteiger partial charge in [0.1, 0.15) is 6.04 Å². The molecule has 132 valence electrons. The molecule has 1 amide bonds. The Kier molecular flexibility index (Phi) is 6.05. The highest BCUT2D eigenvalue weighted by Crippen LogP contribution is 2.12. The highest BCUT2D eigenvalue weighted by atomic mass is 16.4. The van der Waals surface area contributed by atoms with Crippen LogP contribution in [0.15, 0.2) is 30.7 Å². The van der Waals surface area contributed by atoms with Crippen LogP contribution in [0.5, 0.6) is 0 Å². The number of rotatable bonds is 8. The van der Waals surface area contributed by atoms with Crippen molar-refractivity contribution >= 4 is 17.7 Å². The number of ketones is 1. The second-order valence-electron chi connectivity index (χ2n) is 5.96. The van der Waals surface area contributed by atoms with Gasteiger partial charge in [0.05, 0.1) is 6.33 Å². The maximum absolute atomic E-state index is 12.2. The molecule has 0 fully saturated rings. The number of imidazole rings is 1. The largest absolute Gasteiger partial charge is 0.480 e. The van der Waals surface area contributed by atoms with E-state index in [4.69, 9.17) is 0 Å². The molecule has 1 heterocycles. The number of nitrogens with zero attached hydrogens (tertiary/aromatic N) is 1. The molecule has 1 atom stereocenters. The van der Waals surface area contributed by atoms with Crippen LogP contribution in [-0.4, -0.2) is 38.8 Å². The maximum Gasteiger partial charge on any atom is 0.326 e. The summed E-state index contributed by atoms with van der Waals surface area (Å²) in [5.74, 6) is -1.74. The van der Waals surface area contributed by atoms with E-state index >= 15 is 0 Å². The molecule has 0 saturated heterocycles. The molecule has 25 heavy (non-hydrogen) atoms. The van der Waals surface area contributed by atoms with Gasteiger partial charge in [-0.3, -0.25) is 9.59 Å². The number of carboxylic acid groups (broad SMARTS) is 1. The molecule has 0 aliphatic carbocycles. The number of aromatic amines is 1. The second kappa shape index (κ2) is 8.23. The van der Waals surface area contributed by atoms with Gasteiger partial charge in [-0.1, -0.05) is 12.1 Å². The van der Waals surface area contributed by atoms with E-state index in [2.05, 4.69) is 15.3 Å². The van der Waals surface area contributed by atoms with E-state index in [9.17, 15) is 19.5 Å². The van der Waals surface area contributed by atoms with Crippen molar-refractivity contribution in [2.75, 3.05) is 0 Å². The maximum atomic E-state index is 12.2. The quantitative estimate of drug-likeness (QED) is 0.633. The summed E-state index contributed by atoms with van der Waals surface area (Å²) in [7, 11) is 0. The molecular formula is C18H21N3O4. The molecule has 0 bridgehead atoms. The van der Waals surface area contributed by atoms with Crippen molar-refractivity contribution in [3.05, 3.63) is 53.1 Å². The van der Waals surface area contributed by atoms with E-state index in [0.717, 1.165) is 11.1 Å². The molecule has 7 heteroatoms. The lowest BCUT2D eigenvalue weighted by Gasteiger charge is -2.13. The van der Waals surface area contributed by atoms with Gasteiger partial charge in [0.15, 0.2) is 5.78 Å². The van der Waals surface area contributed by atoms with E-state index in [1.165, 1.54) is 12.5 Å². The van der Waals surface area contributed by atoms with E-state index in [1.807, 2.05) is 19.9 Å². The first-order valence-electron chi connectivity index (χ1n) is 7.96. The Hall–Kier alpha value is -2.96. The Morgan fingerprint density at radius 1 is 1.20 bits per heavy atom. The van der Waals surface area contributed by atoms with Crippen molar-refractivity contribution in [2.24, 2.45) is 0 Å². The smallest absolute Gasteiger partial charge is 0.326 e. The Bertz CT molecular complexity index is 769. The van der Waals surface area contributed by atoms with Gasteiger partial charge in [-0.15, -0.1) is 0 Å². The SMILES string of the molecule is Cc1ccc(C(=O)CCC(=O)NC(Cc2cnc[nH]2)C(=O)O)cc1C. The third-order valence-electron chi connectivity index (χ3n) is 4.02. The number of aromatic nitrogens is 2. The van der Waals surface area contributed by atoms with Crippen molar-refractivity contribution in [3.63, 3.8) is 0 Å². The minimum Gasteiger partial charge on any atom is -0.480 e. The fourth-order valence-corrected chi connectivity index (χ4v) is 2.37. The Morgan fingerprint density at radius 3 is 2.56 bits per heavy atom. The van der Waals surface area contributed by atoms with Crippen molar-refractivity contribution < 1.29 is 19.5 Å². The summed E-state index contributed by atoms with van der Waals surface area (Å²) in [4.78, 5) is 42.1. The van der Waals surface area contributed by atoms with E-state index in [-0.39, 0.29) is 25.0 Å². The number of hydrogen-bond acceptors (Lipinski definition) is 4. The Morgan fingerprint density at radius 2 is 1.96 bits per heavy atom. The molecule has 0 radical (unpaired) electrons. The van der Waals surface area contributed by atoms with Crippen LogP contribution in [0.4, 0.5) is 0 Å². The zero-order chi connectivity index (χ0) is 18.4. The first kappa shape index (κ1) is 18.4. The van der Waals surface area contributed by atoms with Crippen LogP contribution < -0.4 is 5.32 Å². The number of Topliss-reactive ketones (excluding diaryl/α,β-unsaturated/α-hetero) is 1. The van der Waals surface area contributed by atoms with Crippen molar-refractivity contribution in [3.8, 4) is 0 Å². The van der Waals surface area contributed by atoms with Gasteiger partial charge in [-0.25, -0.2) is 9.78 Å². The molecule has 2 aromatic rings. The summed E-state index contributed by atoms with van der Waals surface area (Å²) in [6.45, 7) is 3.88. The van der Waals surface area contributed by atoms with Crippen molar-refractivity contribution in [1.29, 1.82) is 0 Å². The normalized spacial score (nSPS) is 11.8. The summed E-state index contributed by atoms with van der Waals surface area (Å²) in [6.07, 6.45) is 3.03. The van der Waals surface area contributed by atoms with E-state index in [1.54, 1.807) is 12.1 Å². The summed E-state index contributed by atoms with van der Waals surface area (Å²) < 4.78 is 0. The fraction of sp³-hybridized carbons (Fsp3) is 0.333. The van der Waals surface area contributed by atoms with Crippen LogP contribution in [0, 0.1) is 13.8 Å². The van der Waals surface area contributed by atoms with Crippen LogP contribution in [0.25, 0.3) is 0 Å². The number of carboxylic acids is 1. The first-order valence-corrected chi connectivity index (χ1v) is 7.96. The fourth-order valence-electron chi connectivity index (χ4n) is 2.37. The Balaban J connectivity index is 1.88. The lowest BCUT2D eigenvalue weighted by Crippen LogP contribution is -2.42. The lowest BCUT2D eigenvalue weighted by molar-refractivity contribution is -0.141. The lowest BCUT2D eigenvalue weighted by atomic mass is 10.0. The average molecular weight is 343 g/mol. The van der Waals surface area contributed by atoms with Crippen LogP contribution >= 0.6 is 0 Å². The monoisotopic (exact) mass is 343 g/mol. The summed E-state index contributed by atoms with van der Waals surface area (Å²) in [6, 6.07) is 4.34. The predicted molar refractivity (Wildman–Crippen MR) is 91.3 cm³/mol. The number of hydrogen-bond donors (Lipinski definition) is 3. The molecule has 1 aromatic carbocycles. The van der Waals surface area contributed by atoms with E-state index < -0.39 is 17.9 Å². The predicted octanol–water partition coefficient (Wildman–Crippen LogP) is 1.80. The van der Waals surface area contributed by atoms with Gasteiger partial charge in [0.25, 0.3) is 0 Å². The average Bonchev–Trinajstić information content (AvgIpc) is 3.07. The molecule has 2 rings (SSSR count). The number of nitrogens with one attached hydrogen (secondary N) is 2. The van der Waals surface area contributed by atoms with Crippen LogP contribution in [-0.2, 0) is 16.0 Å².